The molecule has 0 amide bonds. The molecule has 7 aliphatic rings. The van der Waals surface area contributed by atoms with Crippen molar-refractivity contribution in [3.8, 4) is 0 Å². The molecule has 145 heavy (non-hydrogen) atoms. The van der Waals surface area contributed by atoms with Gasteiger partial charge in [-0.2, -0.15) is 0 Å². The number of ether oxygens (including phenoxy) is 10. The minimum Gasteiger partial charge on any atom is -0.465 e. The van der Waals surface area contributed by atoms with Crippen LogP contribution in [-0.4, -0.2) is 201 Å². The Morgan fingerprint density at radius 1 is 0.428 bits per heavy atom. The Kier molecular flexibility index (Phi) is 45.0. The van der Waals surface area contributed by atoms with Gasteiger partial charge in [-0.1, -0.05) is 274 Å². The minimum absolute atomic E-state index is 0.00167. The molecule has 7 aliphatic heterocycles. The van der Waals surface area contributed by atoms with E-state index in [-0.39, 0.29) is 123 Å². The SMILES string of the molecule is CC(=O)/C=C(\N)[C@H](C)C[C@H]1CC[C@@H]2O[C@@H](CCCOC(=O)C(C)(C)C)C[C@]2(CO[Si](c2ccccc2)(c2ccccc2)C(C)(C)C)O1.CC(=O)CBr.CC(=O)[C@H](C)C[C@H]1CC[C@@H]2O[C@@H](CCCOC(=O)C(C)(C)C)C[C@]2(CO[Si](c2ccccc2)(c2ccccc2)C(C)(C)C)O1.OC1CCCO1.[C-]#[N+][C@H](C)C[C@H]1CC[C@@H]2O[C@@H](CCCOC(=O)C(C)(C)C)C[C@]2(CO[Si](c2ccccc2)(c2ccccc2)C(C)(C)C)O1. The van der Waals surface area contributed by atoms with Crippen molar-refractivity contribution in [2.45, 2.75) is 394 Å². The van der Waals surface area contributed by atoms with Crippen molar-refractivity contribution in [2.75, 3.05) is 51.6 Å². The van der Waals surface area contributed by atoms with Crippen molar-refractivity contribution in [3.05, 3.63) is 205 Å². The molecule has 3 N–H and O–H groups in total. The molecule has 0 aliphatic carbocycles. The van der Waals surface area contributed by atoms with E-state index in [1.165, 1.54) is 51.0 Å². The van der Waals surface area contributed by atoms with Gasteiger partial charge in [-0.3, -0.25) is 28.8 Å². The average Bonchev–Trinajstić information content (AvgIpc) is 1.40. The number of hydrogen-bond donors (Lipinski definition) is 2. The summed E-state index contributed by atoms with van der Waals surface area (Å²) < 4.78 is 85.1. The Bertz CT molecular complexity index is 4950. The Balaban J connectivity index is 0.000000229. The summed E-state index contributed by atoms with van der Waals surface area (Å²) in [5.74, 6) is -0.277. The molecule has 800 valence electrons. The van der Waals surface area contributed by atoms with E-state index in [1.54, 1.807) is 6.92 Å². The van der Waals surface area contributed by atoms with Gasteiger partial charge in [-0.05, 0) is 238 Å². The Labute approximate surface area is 880 Å². The number of nitrogens with zero attached hydrogens (tertiary/aromatic N) is 1. The topological polar surface area (TPSA) is 273 Å². The van der Waals surface area contributed by atoms with Gasteiger partial charge in [-0.15, -0.1) is 0 Å². The molecular weight excluding hydrogens is 1940 g/mol. The second kappa shape index (κ2) is 53.9. The van der Waals surface area contributed by atoms with Gasteiger partial charge < -0.3 is 76.3 Å². The number of allylic oxidation sites excluding steroid dienone is 2. The fourth-order valence-corrected chi connectivity index (χ4v) is 35.2. The Morgan fingerprint density at radius 3 is 0.910 bits per heavy atom. The van der Waals surface area contributed by atoms with Gasteiger partial charge in [0.2, 0.25) is 6.04 Å². The van der Waals surface area contributed by atoms with Gasteiger partial charge in [0.25, 0.3) is 25.0 Å². The number of aliphatic hydroxyl groups is 1. The van der Waals surface area contributed by atoms with E-state index < -0.39 is 64.3 Å². The molecule has 6 aromatic rings. The fourth-order valence-electron chi connectivity index (χ4n) is 21.4. The summed E-state index contributed by atoms with van der Waals surface area (Å²) in [4.78, 5) is 74.3. The van der Waals surface area contributed by atoms with Crippen LogP contribution in [0.2, 0.25) is 15.1 Å². The normalized spacial score (nSPS) is 24.6. The van der Waals surface area contributed by atoms with Crippen LogP contribution >= 0.6 is 15.9 Å². The van der Waals surface area contributed by atoms with Crippen LogP contribution in [0.3, 0.4) is 0 Å². The number of ketones is 3. The van der Waals surface area contributed by atoms with Crippen molar-refractivity contribution < 1.29 is 94.5 Å². The van der Waals surface area contributed by atoms with Crippen LogP contribution in [-0.2, 0) is 89.4 Å². The molecule has 0 radical (unpaired) electrons. The first-order valence-electron chi connectivity index (χ1n) is 53.2. The van der Waals surface area contributed by atoms with Crippen molar-refractivity contribution in [1.82, 2.24) is 0 Å². The zero-order valence-electron chi connectivity index (χ0n) is 91.8. The second-order valence-electron chi connectivity index (χ2n) is 47.6. The number of alkyl halides is 1. The molecule has 7 heterocycles. The highest BCUT2D eigenvalue weighted by Gasteiger charge is 2.62. The summed E-state index contributed by atoms with van der Waals surface area (Å²) in [5, 5.41) is 15.9. The zero-order valence-corrected chi connectivity index (χ0v) is 96.4. The monoisotopic (exact) mass is 2120 g/mol. The van der Waals surface area contributed by atoms with Crippen molar-refractivity contribution in [3.63, 3.8) is 0 Å². The summed E-state index contributed by atoms with van der Waals surface area (Å²) in [6.07, 6.45) is 16.5. The van der Waals surface area contributed by atoms with Gasteiger partial charge in [0, 0.05) is 57.2 Å². The number of hydrogen-bond acceptors (Lipinski definition) is 21. The molecule has 7 saturated heterocycles. The van der Waals surface area contributed by atoms with Crippen molar-refractivity contribution in [2.24, 2.45) is 33.8 Å². The van der Waals surface area contributed by atoms with E-state index in [1.807, 2.05) is 76.2 Å². The highest BCUT2D eigenvalue weighted by atomic mass is 79.9. The van der Waals surface area contributed by atoms with E-state index in [9.17, 15) is 28.8 Å². The molecule has 6 aromatic carbocycles. The van der Waals surface area contributed by atoms with Gasteiger partial charge in [0.05, 0.1) is 116 Å². The average molecular weight is 2120 g/mol. The molecule has 7 fully saturated rings. The van der Waals surface area contributed by atoms with E-state index in [0.717, 1.165) is 109 Å². The van der Waals surface area contributed by atoms with Crippen molar-refractivity contribution in [1.29, 1.82) is 0 Å². The number of esters is 3. The van der Waals surface area contributed by atoms with Crippen LogP contribution in [0.5, 0.6) is 0 Å². The van der Waals surface area contributed by atoms with E-state index in [4.69, 9.17) is 78.1 Å². The van der Waals surface area contributed by atoms with E-state index >= 15 is 0 Å². The van der Waals surface area contributed by atoms with Crippen LogP contribution in [0.4, 0.5) is 0 Å². The maximum atomic E-state index is 12.3. The number of carbonyl (C=O) groups excluding carboxylic acids is 6. The first-order chi connectivity index (χ1) is 68.2. The van der Waals surface area contributed by atoms with Crippen LogP contribution < -0.4 is 36.9 Å². The van der Waals surface area contributed by atoms with Gasteiger partial charge >= 0.3 is 17.9 Å². The predicted octanol–water partition coefficient (Wildman–Crippen LogP) is 20.9. The summed E-state index contributed by atoms with van der Waals surface area (Å²) in [7, 11) is -8.42. The molecule has 1 unspecified atom stereocenters. The van der Waals surface area contributed by atoms with Crippen LogP contribution in [0.1, 0.15) is 295 Å². The number of halogens is 1. The third-order valence-electron chi connectivity index (χ3n) is 29.2. The summed E-state index contributed by atoms with van der Waals surface area (Å²) in [6, 6.07) is 64.1. The third-order valence-corrected chi connectivity index (χ3v) is 44.9. The van der Waals surface area contributed by atoms with E-state index in [0.29, 0.717) is 76.4 Å². The number of benzene rings is 6. The largest absolute Gasteiger partial charge is 0.465 e. The van der Waals surface area contributed by atoms with Crippen molar-refractivity contribution >= 4 is 107 Å². The minimum atomic E-state index is -2.83. The highest BCUT2D eigenvalue weighted by Crippen LogP contribution is 2.51. The quantitative estimate of drug-likeness (QED) is 0.00697. The summed E-state index contributed by atoms with van der Waals surface area (Å²) in [6.45, 7) is 58.9. The van der Waals surface area contributed by atoms with Gasteiger partial charge in [0.1, 0.15) is 28.4 Å². The summed E-state index contributed by atoms with van der Waals surface area (Å²) >= 11 is 2.96. The summed E-state index contributed by atoms with van der Waals surface area (Å²) in [5.41, 5.74) is 3.51. The number of rotatable bonds is 37. The van der Waals surface area contributed by atoms with Crippen LogP contribution in [0.15, 0.2) is 194 Å². The molecular formula is C119H175BrN2O20Si3. The number of nitrogens with two attached hydrogens (primary N) is 1. The van der Waals surface area contributed by atoms with Gasteiger partial charge in [0.15, 0.2) is 12.1 Å². The molecule has 13 rings (SSSR count). The number of aliphatic hydroxyl groups excluding tert-OH is 1. The standard InChI is InChI=1S/C39H57NO6Si.C37H54O6Si.C36H51NO5Si.C4H8O2.C3H5BrO/c1-28(34(40)25-29(2)41)24-30-21-22-35-39(46-30,26-31(45-35)16-15-23-43-36(42)37(3,4)5)27-44-47(38(6,7)8,32-17-11-9-12-18-32)33-19-13-10-14-20-33;1-27(28(2)38)24-29-21-22-33-37(43-29,25-30(42-33)16-15-23-40-34(39)35(3,4)5)26-41-44(36(6,7)8,31-17-11-9-12-18-31)32-19-13-10-14-20-32;1-27(37-8)24-28-21-22-32-36(42-28,25-29(41-32)16-15-23-39-33(38)34(2,3)4)26-40-43(35(5,6)7,30-17-11-9-12-18-30)31-19-13-10-14-20-31;5-4-2-1-3-6-4;1-3(5)2-4/h9-14,17-20,25,28,30-31,35H,15-16,21-24,26-27,40H2,1-8H3;9-14,17-20,27,29-30,33H,15-16,21-26H2,1-8H3;9-14,17-20,27-29,32H,15-16,21-26H2,1-7H3;4-5H,1-3H2;2H2,1H3/b34-25-;;;;/t28-,30-,31+,35+,39-;27-,29-,30+,33+,37-;27-,28-,29+,32+,36-;;/m111../s1. The zero-order chi connectivity index (χ0) is 107. The second-order valence-corrected chi connectivity index (χ2v) is 61.1. The molecule has 0 aromatic heterocycles. The Hall–Kier alpha value is -7.54. The fraction of sp³-hybridized carbons (Fsp3) is 0.622. The molecule has 0 bridgehead atoms. The van der Waals surface area contributed by atoms with E-state index in [2.05, 4.69) is 272 Å². The third kappa shape index (κ3) is 33.0. The Morgan fingerprint density at radius 2 is 0.697 bits per heavy atom. The predicted molar refractivity (Wildman–Crippen MR) is 588 cm³/mol. The highest BCUT2D eigenvalue weighted by molar-refractivity contribution is 9.09. The lowest BCUT2D eigenvalue weighted by atomic mass is 9.84. The first-order valence-corrected chi connectivity index (χ1v) is 60.0. The maximum absolute atomic E-state index is 12.3. The smallest absolute Gasteiger partial charge is 0.311 e. The molecule has 0 saturated carbocycles. The lowest BCUT2D eigenvalue weighted by Crippen LogP contribution is -2.68. The van der Waals surface area contributed by atoms with Crippen LogP contribution in [0, 0.1) is 34.7 Å². The maximum Gasteiger partial charge on any atom is 0.311 e. The number of carbonyl (C=O) groups is 6. The van der Waals surface area contributed by atoms with Gasteiger partial charge in [-0.25, -0.2) is 6.57 Å². The molecule has 26 heteroatoms. The lowest BCUT2D eigenvalue weighted by Gasteiger charge is -2.48. The molecule has 0 spiro atoms. The molecule has 22 nitrogen and oxygen atoms in total. The number of Topliss-reactive ketones (excluding diaryl/α,β-unsaturated/α-hetero) is 2. The molecule has 16 atom stereocenters. The first kappa shape index (κ1) is 121. The van der Waals surface area contributed by atoms with Crippen LogP contribution in [0.25, 0.3) is 4.85 Å². The lowest BCUT2D eigenvalue weighted by molar-refractivity contribution is -0.184. The number of fused-ring (bicyclic) bond motifs is 3.